The lowest BCUT2D eigenvalue weighted by Gasteiger charge is -2.12. The Morgan fingerprint density at radius 3 is 2.39 bits per heavy atom. The van der Waals surface area contributed by atoms with Gasteiger partial charge in [0.05, 0.1) is 37.9 Å². The third-order valence-electron chi connectivity index (χ3n) is 5.04. The Kier molecular flexibility index (Phi) is 9.02. The highest BCUT2D eigenvalue weighted by Crippen LogP contribution is 2.38. The standard InChI is InChI=1S/C23H28N2O6S2/c1-4-31-23(28)21-15-7-5-6-8-18(15)33-22(21)25-20(27)13-32-12-19(26)24-14-9-10-16(29-2)17(11-14)30-3/h9-11H,4-8,12-13H2,1-3H3,(H,24,26)(H,25,27). The first-order chi connectivity index (χ1) is 16.0. The van der Waals surface area contributed by atoms with Crippen LogP contribution in [0.25, 0.3) is 0 Å². The molecule has 8 nitrogen and oxygen atoms in total. The van der Waals surface area contributed by atoms with Gasteiger partial charge in [0.15, 0.2) is 11.5 Å². The van der Waals surface area contributed by atoms with Gasteiger partial charge >= 0.3 is 5.97 Å². The van der Waals surface area contributed by atoms with Crippen LogP contribution < -0.4 is 20.1 Å². The van der Waals surface area contributed by atoms with Crippen molar-refractivity contribution < 1.29 is 28.6 Å². The molecule has 2 amide bonds. The molecule has 2 N–H and O–H groups in total. The molecule has 33 heavy (non-hydrogen) atoms. The van der Waals surface area contributed by atoms with Crippen LogP contribution >= 0.6 is 23.1 Å². The van der Waals surface area contributed by atoms with E-state index in [0.29, 0.717) is 27.8 Å². The number of hydrogen-bond acceptors (Lipinski definition) is 8. The minimum Gasteiger partial charge on any atom is -0.493 e. The van der Waals surface area contributed by atoms with Crippen LogP contribution in [0.2, 0.25) is 0 Å². The van der Waals surface area contributed by atoms with E-state index in [1.807, 2.05) is 0 Å². The average molecular weight is 493 g/mol. The van der Waals surface area contributed by atoms with Gasteiger partial charge < -0.3 is 24.8 Å². The predicted octanol–water partition coefficient (Wildman–Crippen LogP) is 4.13. The summed E-state index contributed by atoms with van der Waals surface area (Å²) in [6.07, 6.45) is 3.83. The lowest BCUT2D eigenvalue weighted by atomic mass is 9.95. The summed E-state index contributed by atoms with van der Waals surface area (Å²) in [5, 5.41) is 6.17. The van der Waals surface area contributed by atoms with Crippen LogP contribution in [0.3, 0.4) is 0 Å². The minimum absolute atomic E-state index is 0.0875. The molecule has 3 rings (SSSR count). The summed E-state index contributed by atoms with van der Waals surface area (Å²) in [6, 6.07) is 5.09. The minimum atomic E-state index is -0.394. The molecular weight excluding hydrogens is 464 g/mol. The molecule has 178 valence electrons. The topological polar surface area (TPSA) is 103 Å². The Labute approximate surface area is 201 Å². The summed E-state index contributed by atoms with van der Waals surface area (Å²) in [5.41, 5.74) is 2.06. The Bertz CT molecular complexity index is 1020. The van der Waals surface area contributed by atoms with Crippen molar-refractivity contribution >= 4 is 51.6 Å². The van der Waals surface area contributed by atoms with Gasteiger partial charge in [0.2, 0.25) is 11.8 Å². The molecule has 0 aliphatic heterocycles. The summed E-state index contributed by atoms with van der Waals surface area (Å²) in [5.74, 6) is 0.380. The number of benzene rings is 1. The number of methoxy groups -OCH3 is 2. The monoisotopic (exact) mass is 492 g/mol. The fourth-order valence-electron chi connectivity index (χ4n) is 3.58. The number of esters is 1. The van der Waals surface area contributed by atoms with Gasteiger partial charge in [-0.3, -0.25) is 9.59 Å². The molecule has 0 atom stereocenters. The molecule has 0 spiro atoms. The van der Waals surface area contributed by atoms with Crippen molar-refractivity contribution in [3.8, 4) is 11.5 Å². The highest BCUT2D eigenvalue weighted by molar-refractivity contribution is 8.00. The third-order valence-corrected chi connectivity index (χ3v) is 7.18. The number of thiophene rings is 1. The fourth-order valence-corrected chi connectivity index (χ4v) is 5.49. The van der Waals surface area contributed by atoms with E-state index in [0.717, 1.165) is 36.1 Å². The van der Waals surface area contributed by atoms with Gasteiger partial charge in [-0.25, -0.2) is 4.79 Å². The summed E-state index contributed by atoms with van der Waals surface area (Å²) in [7, 11) is 3.06. The van der Waals surface area contributed by atoms with Gasteiger partial charge in [-0.05, 0) is 50.3 Å². The Morgan fingerprint density at radius 1 is 1.00 bits per heavy atom. The maximum atomic E-state index is 12.5. The molecule has 1 heterocycles. The quantitative estimate of drug-likeness (QED) is 0.481. The Hall–Kier alpha value is -2.72. The van der Waals surface area contributed by atoms with Crippen molar-refractivity contribution in [1.82, 2.24) is 0 Å². The number of ether oxygens (including phenoxy) is 3. The van der Waals surface area contributed by atoms with E-state index in [2.05, 4.69) is 10.6 Å². The van der Waals surface area contributed by atoms with Crippen molar-refractivity contribution in [2.24, 2.45) is 0 Å². The SMILES string of the molecule is CCOC(=O)c1c(NC(=O)CSCC(=O)Nc2ccc(OC)c(OC)c2)sc2c1CCCC2. The first kappa shape index (κ1) is 24.9. The number of carbonyl (C=O) groups is 3. The van der Waals surface area contributed by atoms with E-state index in [1.54, 1.807) is 32.2 Å². The van der Waals surface area contributed by atoms with Crippen LogP contribution in [-0.4, -0.2) is 50.1 Å². The second-order valence-electron chi connectivity index (χ2n) is 7.29. The van der Waals surface area contributed by atoms with Gasteiger partial charge in [0.25, 0.3) is 0 Å². The molecular formula is C23H28N2O6S2. The molecule has 0 unspecified atom stereocenters. The average Bonchev–Trinajstić information content (AvgIpc) is 3.16. The maximum absolute atomic E-state index is 12.5. The molecule has 1 aromatic heterocycles. The molecule has 2 aromatic rings. The van der Waals surface area contributed by atoms with Crippen molar-refractivity contribution in [3.63, 3.8) is 0 Å². The number of rotatable bonds is 10. The molecule has 0 saturated heterocycles. The van der Waals surface area contributed by atoms with Crippen molar-refractivity contribution in [1.29, 1.82) is 0 Å². The second-order valence-corrected chi connectivity index (χ2v) is 9.39. The summed E-state index contributed by atoms with van der Waals surface area (Å²) in [4.78, 5) is 38.4. The molecule has 0 radical (unpaired) electrons. The maximum Gasteiger partial charge on any atom is 0.341 e. The normalized spacial score (nSPS) is 12.5. The van der Waals surface area contributed by atoms with Crippen molar-refractivity contribution in [2.75, 3.05) is 43.0 Å². The second kappa shape index (κ2) is 11.9. The van der Waals surface area contributed by atoms with Crippen LogP contribution in [0.15, 0.2) is 18.2 Å². The molecule has 10 heteroatoms. The van der Waals surface area contributed by atoms with Crippen LogP contribution in [0.4, 0.5) is 10.7 Å². The fraction of sp³-hybridized carbons (Fsp3) is 0.435. The molecule has 1 aliphatic carbocycles. The third kappa shape index (κ3) is 6.42. The van der Waals surface area contributed by atoms with E-state index >= 15 is 0 Å². The number of carbonyl (C=O) groups excluding carboxylic acids is 3. The molecule has 0 bridgehead atoms. The number of aryl methyl sites for hydroxylation is 1. The van der Waals surface area contributed by atoms with Gasteiger partial charge in [0.1, 0.15) is 5.00 Å². The zero-order valence-corrected chi connectivity index (χ0v) is 20.6. The number of amides is 2. The number of nitrogens with one attached hydrogen (secondary N) is 2. The van der Waals surface area contributed by atoms with E-state index in [9.17, 15) is 14.4 Å². The van der Waals surface area contributed by atoms with E-state index in [4.69, 9.17) is 14.2 Å². The smallest absolute Gasteiger partial charge is 0.341 e. The van der Waals surface area contributed by atoms with Gasteiger partial charge in [-0.15, -0.1) is 23.1 Å². The molecule has 0 saturated carbocycles. The number of thioether (sulfide) groups is 1. The molecule has 1 aromatic carbocycles. The number of anilines is 2. The van der Waals surface area contributed by atoms with Gasteiger partial charge in [-0.2, -0.15) is 0 Å². The summed E-state index contributed by atoms with van der Waals surface area (Å²) >= 11 is 2.64. The Balaban J connectivity index is 1.54. The zero-order valence-electron chi connectivity index (χ0n) is 18.9. The highest BCUT2D eigenvalue weighted by atomic mass is 32.2. The summed E-state index contributed by atoms with van der Waals surface area (Å²) < 4.78 is 15.6. The van der Waals surface area contributed by atoms with Gasteiger partial charge in [0, 0.05) is 16.6 Å². The van der Waals surface area contributed by atoms with Crippen LogP contribution in [0.1, 0.15) is 40.6 Å². The summed E-state index contributed by atoms with van der Waals surface area (Å²) in [6.45, 7) is 2.04. The zero-order chi connectivity index (χ0) is 23.8. The highest BCUT2D eigenvalue weighted by Gasteiger charge is 2.27. The van der Waals surface area contributed by atoms with Crippen LogP contribution in [0, 0.1) is 0 Å². The first-order valence-electron chi connectivity index (χ1n) is 10.7. The van der Waals surface area contributed by atoms with E-state index in [-0.39, 0.29) is 29.9 Å². The number of fused-ring (bicyclic) bond motifs is 1. The lowest BCUT2D eigenvalue weighted by Crippen LogP contribution is -2.19. The largest absolute Gasteiger partial charge is 0.493 e. The lowest BCUT2D eigenvalue weighted by molar-refractivity contribution is -0.114. The van der Waals surface area contributed by atoms with Crippen molar-refractivity contribution in [2.45, 2.75) is 32.6 Å². The Morgan fingerprint density at radius 2 is 1.70 bits per heavy atom. The predicted molar refractivity (Wildman–Crippen MR) is 131 cm³/mol. The first-order valence-corrected chi connectivity index (χ1v) is 12.6. The van der Waals surface area contributed by atoms with Crippen LogP contribution in [0.5, 0.6) is 11.5 Å². The van der Waals surface area contributed by atoms with Crippen LogP contribution in [-0.2, 0) is 27.2 Å². The van der Waals surface area contributed by atoms with E-state index in [1.165, 1.54) is 30.2 Å². The van der Waals surface area contributed by atoms with Gasteiger partial charge in [-0.1, -0.05) is 0 Å². The van der Waals surface area contributed by atoms with E-state index < -0.39 is 5.97 Å². The molecule has 0 fully saturated rings. The molecule has 1 aliphatic rings. The van der Waals surface area contributed by atoms with Crippen molar-refractivity contribution in [3.05, 3.63) is 34.2 Å². The number of hydrogen-bond donors (Lipinski definition) is 2.